The second-order valence-corrected chi connectivity index (χ2v) is 5.54. The molecule has 0 atom stereocenters. The first-order valence-electron chi connectivity index (χ1n) is 6.01. The monoisotopic (exact) mass is 384 g/mol. The molecule has 8 heteroatoms. The number of amides is 1. The molecule has 0 aromatic heterocycles. The third kappa shape index (κ3) is 3.55. The third-order valence-corrected chi connectivity index (χ3v) is 3.64. The highest BCUT2D eigenvalue weighted by molar-refractivity contribution is 9.10. The fourth-order valence-corrected chi connectivity index (χ4v) is 2.30. The molecule has 1 amide bonds. The molecule has 2 aromatic rings. The van der Waals surface area contributed by atoms with Crippen molar-refractivity contribution in [3.05, 3.63) is 61.6 Å². The van der Waals surface area contributed by atoms with E-state index in [1.165, 1.54) is 25.3 Å². The Balaban J connectivity index is 2.35. The van der Waals surface area contributed by atoms with Crippen molar-refractivity contribution in [1.82, 2.24) is 0 Å². The van der Waals surface area contributed by atoms with Crippen LogP contribution in [0.25, 0.3) is 0 Å². The van der Waals surface area contributed by atoms with Gasteiger partial charge in [-0.05, 0) is 24.3 Å². The molecule has 22 heavy (non-hydrogen) atoms. The summed E-state index contributed by atoms with van der Waals surface area (Å²) in [4.78, 5) is 22.6. The smallest absolute Gasteiger partial charge is 0.271 e. The van der Waals surface area contributed by atoms with Crippen LogP contribution in [0.3, 0.4) is 0 Å². The van der Waals surface area contributed by atoms with Crippen molar-refractivity contribution in [2.75, 3.05) is 12.4 Å². The number of ether oxygens (including phenoxy) is 1. The van der Waals surface area contributed by atoms with Gasteiger partial charge in [-0.3, -0.25) is 14.9 Å². The SMILES string of the molecule is COc1ccc(Br)cc1C(=O)Nc1cc([N+](=O)[O-])ccc1Cl. The normalized spacial score (nSPS) is 10.1. The Labute approximate surface area is 139 Å². The van der Waals surface area contributed by atoms with Gasteiger partial charge in [-0.2, -0.15) is 0 Å². The van der Waals surface area contributed by atoms with E-state index in [1.807, 2.05) is 0 Å². The maximum Gasteiger partial charge on any atom is 0.271 e. The van der Waals surface area contributed by atoms with Crippen LogP contribution in [0.1, 0.15) is 10.4 Å². The Morgan fingerprint density at radius 1 is 1.32 bits per heavy atom. The Hall–Kier alpha value is -2.12. The summed E-state index contributed by atoms with van der Waals surface area (Å²) < 4.78 is 5.83. The number of methoxy groups -OCH3 is 1. The molecule has 0 aliphatic heterocycles. The minimum absolute atomic E-state index is 0.155. The molecule has 0 aliphatic carbocycles. The summed E-state index contributed by atoms with van der Waals surface area (Å²) in [5.74, 6) is -0.109. The van der Waals surface area contributed by atoms with Gasteiger partial charge >= 0.3 is 0 Å². The van der Waals surface area contributed by atoms with Crippen molar-refractivity contribution in [3.63, 3.8) is 0 Å². The van der Waals surface area contributed by atoms with Gasteiger partial charge in [-0.25, -0.2) is 0 Å². The molecule has 114 valence electrons. The highest BCUT2D eigenvalue weighted by atomic mass is 79.9. The highest BCUT2D eigenvalue weighted by Crippen LogP contribution is 2.29. The average Bonchev–Trinajstić information content (AvgIpc) is 2.49. The van der Waals surface area contributed by atoms with Gasteiger partial charge in [0, 0.05) is 16.6 Å². The number of carbonyl (C=O) groups excluding carboxylic acids is 1. The molecule has 0 radical (unpaired) electrons. The Morgan fingerprint density at radius 3 is 2.68 bits per heavy atom. The second-order valence-electron chi connectivity index (χ2n) is 4.22. The topological polar surface area (TPSA) is 81.5 Å². The Kier molecular flexibility index (Phi) is 4.99. The van der Waals surface area contributed by atoms with E-state index in [0.29, 0.717) is 10.2 Å². The summed E-state index contributed by atoms with van der Waals surface area (Å²) in [6.45, 7) is 0. The predicted molar refractivity (Wildman–Crippen MR) is 86.8 cm³/mol. The average molecular weight is 386 g/mol. The molecule has 6 nitrogen and oxygen atoms in total. The van der Waals surface area contributed by atoms with Gasteiger partial charge in [0.15, 0.2) is 0 Å². The summed E-state index contributed by atoms with van der Waals surface area (Å²) in [7, 11) is 1.44. The molecule has 0 saturated heterocycles. The van der Waals surface area contributed by atoms with Gasteiger partial charge in [0.2, 0.25) is 0 Å². The number of rotatable bonds is 4. The zero-order valence-electron chi connectivity index (χ0n) is 11.3. The van der Waals surface area contributed by atoms with E-state index in [4.69, 9.17) is 16.3 Å². The highest BCUT2D eigenvalue weighted by Gasteiger charge is 2.16. The zero-order valence-corrected chi connectivity index (χ0v) is 13.6. The van der Waals surface area contributed by atoms with E-state index in [9.17, 15) is 14.9 Å². The first kappa shape index (κ1) is 16.3. The number of carbonyl (C=O) groups is 1. The molecule has 0 fully saturated rings. The molecule has 0 spiro atoms. The van der Waals surface area contributed by atoms with Crippen LogP contribution in [0, 0.1) is 10.1 Å². The second kappa shape index (κ2) is 6.76. The molecular weight excluding hydrogens is 376 g/mol. The minimum Gasteiger partial charge on any atom is -0.496 e. The Bertz CT molecular complexity index is 752. The van der Waals surface area contributed by atoms with Crippen LogP contribution in [-0.4, -0.2) is 17.9 Å². The number of nitro benzene ring substituents is 1. The van der Waals surface area contributed by atoms with Crippen molar-refractivity contribution >= 4 is 44.8 Å². The maximum absolute atomic E-state index is 12.3. The molecule has 0 heterocycles. The van der Waals surface area contributed by atoms with Crippen LogP contribution in [0.5, 0.6) is 5.75 Å². The fourth-order valence-electron chi connectivity index (χ4n) is 1.77. The lowest BCUT2D eigenvalue weighted by atomic mass is 10.2. The number of benzene rings is 2. The van der Waals surface area contributed by atoms with Gasteiger partial charge < -0.3 is 10.1 Å². The number of hydrogen-bond acceptors (Lipinski definition) is 4. The fraction of sp³-hybridized carbons (Fsp3) is 0.0714. The van der Waals surface area contributed by atoms with Crippen molar-refractivity contribution in [1.29, 1.82) is 0 Å². The number of non-ortho nitro benzene ring substituents is 1. The molecule has 0 bridgehead atoms. The molecule has 0 aliphatic rings. The first-order chi connectivity index (χ1) is 10.4. The first-order valence-corrected chi connectivity index (χ1v) is 7.18. The predicted octanol–water partition coefficient (Wildman–Crippen LogP) is 4.27. The van der Waals surface area contributed by atoms with E-state index in [-0.39, 0.29) is 22.0 Å². The largest absolute Gasteiger partial charge is 0.496 e. The van der Waals surface area contributed by atoms with E-state index >= 15 is 0 Å². The summed E-state index contributed by atoms with van der Waals surface area (Å²) >= 11 is 9.23. The quantitative estimate of drug-likeness (QED) is 0.629. The summed E-state index contributed by atoms with van der Waals surface area (Å²) in [6, 6.07) is 8.76. The summed E-state index contributed by atoms with van der Waals surface area (Å²) in [5, 5.41) is 13.5. The van der Waals surface area contributed by atoms with Crippen molar-refractivity contribution in [3.8, 4) is 5.75 Å². The number of hydrogen-bond donors (Lipinski definition) is 1. The number of nitrogens with one attached hydrogen (secondary N) is 1. The van der Waals surface area contributed by atoms with Crippen LogP contribution in [0.2, 0.25) is 5.02 Å². The number of nitrogens with zero attached hydrogens (tertiary/aromatic N) is 1. The number of halogens is 2. The standard InChI is InChI=1S/C14H10BrClN2O4/c1-22-13-5-2-8(15)6-10(13)14(19)17-12-7-9(18(20)21)3-4-11(12)16/h2-7H,1H3,(H,17,19). The molecule has 0 unspecified atom stereocenters. The van der Waals surface area contributed by atoms with E-state index in [1.54, 1.807) is 18.2 Å². The minimum atomic E-state index is -0.564. The molecule has 1 N–H and O–H groups in total. The van der Waals surface area contributed by atoms with E-state index in [2.05, 4.69) is 21.2 Å². The van der Waals surface area contributed by atoms with Crippen molar-refractivity contribution < 1.29 is 14.5 Å². The zero-order chi connectivity index (χ0) is 16.3. The number of nitro groups is 1. The van der Waals surface area contributed by atoms with Gasteiger partial charge in [0.1, 0.15) is 5.75 Å². The van der Waals surface area contributed by atoms with Crippen LogP contribution < -0.4 is 10.1 Å². The summed E-state index contributed by atoms with van der Waals surface area (Å²) in [5.41, 5.74) is 0.267. The Morgan fingerprint density at radius 2 is 2.05 bits per heavy atom. The molecule has 2 rings (SSSR count). The lowest BCUT2D eigenvalue weighted by Crippen LogP contribution is -2.13. The van der Waals surface area contributed by atoms with Crippen LogP contribution in [-0.2, 0) is 0 Å². The van der Waals surface area contributed by atoms with Gasteiger partial charge in [0.05, 0.1) is 28.3 Å². The summed E-state index contributed by atoms with van der Waals surface area (Å²) in [6.07, 6.45) is 0. The number of anilines is 1. The molecular formula is C14H10BrClN2O4. The van der Waals surface area contributed by atoms with E-state index in [0.717, 1.165) is 0 Å². The van der Waals surface area contributed by atoms with Crippen LogP contribution >= 0.6 is 27.5 Å². The van der Waals surface area contributed by atoms with Crippen LogP contribution in [0.15, 0.2) is 40.9 Å². The lowest BCUT2D eigenvalue weighted by Gasteiger charge is -2.10. The van der Waals surface area contributed by atoms with Crippen molar-refractivity contribution in [2.24, 2.45) is 0 Å². The van der Waals surface area contributed by atoms with Crippen molar-refractivity contribution in [2.45, 2.75) is 0 Å². The third-order valence-electron chi connectivity index (χ3n) is 2.82. The van der Waals surface area contributed by atoms with E-state index < -0.39 is 10.8 Å². The van der Waals surface area contributed by atoms with Gasteiger partial charge in [-0.1, -0.05) is 27.5 Å². The van der Waals surface area contributed by atoms with Gasteiger partial charge in [-0.15, -0.1) is 0 Å². The maximum atomic E-state index is 12.3. The molecule has 2 aromatic carbocycles. The van der Waals surface area contributed by atoms with Crippen LogP contribution in [0.4, 0.5) is 11.4 Å². The van der Waals surface area contributed by atoms with Gasteiger partial charge in [0.25, 0.3) is 11.6 Å². The molecule has 0 saturated carbocycles. The lowest BCUT2D eigenvalue weighted by molar-refractivity contribution is -0.384.